The molecule has 0 saturated heterocycles. The summed E-state index contributed by atoms with van der Waals surface area (Å²) < 4.78 is 11.0. The fraction of sp³-hybridized carbons (Fsp3) is 0.538. The highest BCUT2D eigenvalue weighted by Gasteiger charge is 2.13. The molecular weight excluding hydrogens is 218 g/mol. The topological polar surface area (TPSA) is 50.7 Å². The SMILES string of the molecule is CC(NCCCO)c1ccc2c(c1)OCCO2. The summed E-state index contributed by atoms with van der Waals surface area (Å²) in [7, 11) is 0. The van der Waals surface area contributed by atoms with Crippen LogP contribution in [0.4, 0.5) is 0 Å². The first-order valence-electron chi connectivity index (χ1n) is 6.05. The molecule has 2 N–H and O–H groups in total. The van der Waals surface area contributed by atoms with Crippen molar-refractivity contribution >= 4 is 0 Å². The summed E-state index contributed by atoms with van der Waals surface area (Å²) in [6, 6.07) is 6.26. The first kappa shape index (κ1) is 12.2. The second-order valence-corrected chi connectivity index (χ2v) is 4.16. The van der Waals surface area contributed by atoms with Crippen molar-refractivity contribution in [2.24, 2.45) is 0 Å². The van der Waals surface area contributed by atoms with Gasteiger partial charge in [-0.05, 0) is 37.6 Å². The quantitative estimate of drug-likeness (QED) is 0.762. The van der Waals surface area contributed by atoms with E-state index in [9.17, 15) is 0 Å². The lowest BCUT2D eigenvalue weighted by atomic mass is 10.1. The summed E-state index contributed by atoms with van der Waals surface area (Å²) in [5.41, 5.74) is 1.17. The van der Waals surface area contributed by atoms with E-state index in [4.69, 9.17) is 14.6 Å². The Morgan fingerprint density at radius 2 is 2.06 bits per heavy atom. The van der Waals surface area contributed by atoms with Gasteiger partial charge in [0.1, 0.15) is 13.2 Å². The van der Waals surface area contributed by atoms with Crippen molar-refractivity contribution in [1.29, 1.82) is 0 Å². The van der Waals surface area contributed by atoms with Gasteiger partial charge in [0.2, 0.25) is 0 Å². The minimum atomic E-state index is 0.223. The second-order valence-electron chi connectivity index (χ2n) is 4.16. The van der Waals surface area contributed by atoms with Crippen molar-refractivity contribution in [3.8, 4) is 11.5 Å². The van der Waals surface area contributed by atoms with Crippen molar-refractivity contribution in [3.63, 3.8) is 0 Å². The van der Waals surface area contributed by atoms with Crippen LogP contribution in [0, 0.1) is 0 Å². The van der Waals surface area contributed by atoms with Crippen LogP contribution in [0.3, 0.4) is 0 Å². The van der Waals surface area contributed by atoms with E-state index in [1.54, 1.807) is 0 Å². The Bertz CT molecular complexity index is 368. The molecule has 2 rings (SSSR count). The molecule has 1 unspecified atom stereocenters. The Morgan fingerprint density at radius 1 is 1.29 bits per heavy atom. The summed E-state index contributed by atoms with van der Waals surface area (Å²) in [6.45, 7) is 4.37. The number of rotatable bonds is 5. The van der Waals surface area contributed by atoms with Crippen LogP contribution >= 0.6 is 0 Å². The van der Waals surface area contributed by atoms with Gasteiger partial charge in [-0.15, -0.1) is 0 Å². The van der Waals surface area contributed by atoms with Crippen molar-refractivity contribution in [1.82, 2.24) is 5.32 Å². The van der Waals surface area contributed by atoms with E-state index in [1.807, 2.05) is 18.2 Å². The van der Waals surface area contributed by atoms with Crippen LogP contribution in [0.25, 0.3) is 0 Å². The van der Waals surface area contributed by atoms with Crippen molar-refractivity contribution in [3.05, 3.63) is 23.8 Å². The maximum Gasteiger partial charge on any atom is 0.161 e. The van der Waals surface area contributed by atoms with Gasteiger partial charge in [-0.1, -0.05) is 6.07 Å². The van der Waals surface area contributed by atoms with E-state index in [0.29, 0.717) is 13.2 Å². The van der Waals surface area contributed by atoms with Crippen LogP contribution in [-0.4, -0.2) is 31.5 Å². The largest absolute Gasteiger partial charge is 0.486 e. The van der Waals surface area contributed by atoms with Crippen LogP contribution < -0.4 is 14.8 Å². The average Bonchev–Trinajstić information content (AvgIpc) is 2.38. The molecule has 1 aromatic carbocycles. The van der Waals surface area contributed by atoms with Gasteiger partial charge in [-0.2, -0.15) is 0 Å². The average molecular weight is 237 g/mol. The molecule has 0 amide bonds. The molecule has 0 radical (unpaired) electrons. The molecular formula is C13H19NO3. The Labute approximate surface area is 102 Å². The highest BCUT2D eigenvalue weighted by atomic mass is 16.6. The summed E-state index contributed by atoms with van der Waals surface area (Å²) in [5, 5.41) is 12.1. The number of fused-ring (bicyclic) bond motifs is 1. The van der Waals surface area contributed by atoms with Crippen molar-refractivity contribution < 1.29 is 14.6 Å². The van der Waals surface area contributed by atoms with Gasteiger partial charge in [0.15, 0.2) is 11.5 Å². The van der Waals surface area contributed by atoms with Crippen LogP contribution in [0.1, 0.15) is 24.9 Å². The van der Waals surface area contributed by atoms with Crippen LogP contribution in [0.15, 0.2) is 18.2 Å². The maximum atomic E-state index is 8.73. The van der Waals surface area contributed by atoms with Gasteiger partial charge in [-0.3, -0.25) is 0 Å². The zero-order chi connectivity index (χ0) is 12.1. The highest BCUT2D eigenvalue weighted by molar-refractivity contribution is 5.44. The number of hydrogen-bond donors (Lipinski definition) is 2. The Morgan fingerprint density at radius 3 is 2.82 bits per heavy atom. The monoisotopic (exact) mass is 237 g/mol. The predicted octanol–water partition coefficient (Wildman–Crippen LogP) is 1.49. The van der Waals surface area contributed by atoms with Gasteiger partial charge in [0, 0.05) is 12.6 Å². The van der Waals surface area contributed by atoms with Gasteiger partial charge in [-0.25, -0.2) is 0 Å². The fourth-order valence-corrected chi connectivity index (χ4v) is 1.84. The van der Waals surface area contributed by atoms with Gasteiger partial charge in [0.05, 0.1) is 0 Å². The minimum Gasteiger partial charge on any atom is -0.486 e. The minimum absolute atomic E-state index is 0.223. The molecule has 0 spiro atoms. The number of ether oxygens (including phenoxy) is 2. The Balaban J connectivity index is 2.00. The summed E-state index contributed by atoms with van der Waals surface area (Å²) >= 11 is 0. The highest BCUT2D eigenvalue weighted by Crippen LogP contribution is 2.32. The zero-order valence-electron chi connectivity index (χ0n) is 10.1. The first-order chi connectivity index (χ1) is 8.31. The number of aliphatic hydroxyl groups is 1. The lowest BCUT2D eigenvalue weighted by Crippen LogP contribution is -2.21. The zero-order valence-corrected chi connectivity index (χ0v) is 10.1. The van der Waals surface area contributed by atoms with E-state index < -0.39 is 0 Å². The molecule has 0 aromatic heterocycles. The molecule has 0 bridgehead atoms. The Kier molecular flexibility index (Phi) is 4.23. The number of hydrogen-bond acceptors (Lipinski definition) is 4. The molecule has 1 aromatic rings. The number of benzene rings is 1. The molecule has 1 aliphatic rings. The van der Waals surface area contributed by atoms with Crippen LogP contribution in [0.2, 0.25) is 0 Å². The maximum absolute atomic E-state index is 8.73. The van der Waals surface area contributed by atoms with E-state index in [2.05, 4.69) is 12.2 Å². The fourth-order valence-electron chi connectivity index (χ4n) is 1.84. The molecule has 1 aliphatic heterocycles. The smallest absolute Gasteiger partial charge is 0.161 e. The van der Waals surface area contributed by atoms with Gasteiger partial charge >= 0.3 is 0 Å². The van der Waals surface area contributed by atoms with Crippen molar-refractivity contribution in [2.45, 2.75) is 19.4 Å². The standard InChI is InChI=1S/C13H19NO3/c1-10(14-5-2-6-15)11-3-4-12-13(9-11)17-8-7-16-12/h3-4,9-10,14-15H,2,5-8H2,1H3. The molecule has 94 valence electrons. The molecule has 17 heavy (non-hydrogen) atoms. The third kappa shape index (κ3) is 3.11. The summed E-state index contributed by atoms with van der Waals surface area (Å²) in [6.07, 6.45) is 0.773. The third-order valence-electron chi connectivity index (χ3n) is 2.85. The lowest BCUT2D eigenvalue weighted by molar-refractivity contribution is 0.171. The summed E-state index contributed by atoms with van der Waals surface area (Å²) in [5.74, 6) is 1.65. The molecule has 4 nitrogen and oxygen atoms in total. The molecule has 0 fully saturated rings. The van der Waals surface area contributed by atoms with E-state index >= 15 is 0 Å². The molecule has 4 heteroatoms. The van der Waals surface area contributed by atoms with E-state index in [-0.39, 0.29) is 12.6 Å². The van der Waals surface area contributed by atoms with Crippen molar-refractivity contribution in [2.75, 3.05) is 26.4 Å². The van der Waals surface area contributed by atoms with Crippen LogP contribution in [-0.2, 0) is 0 Å². The number of aliphatic hydroxyl groups excluding tert-OH is 1. The Hall–Kier alpha value is -1.26. The van der Waals surface area contributed by atoms with E-state index in [1.165, 1.54) is 5.56 Å². The van der Waals surface area contributed by atoms with Gasteiger partial charge < -0.3 is 19.9 Å². The molecule has 0 aliphatic carbocycles. The number of nitrogens with one attached hydrogen (secondary N) is 1. The third-order valence-corrected chi connectivity index (χ3v) is 2.85. The molecule has 0 saturated carbocycles. The normalized spacial score (nSPS) is 15.6. The first-order valence-corrected chi connectivity index (χ1v) is 6.05. The lowest BCUT2D eigenvalue weighted by Gasteiger charge is -2.21. The summed E-state index contributed by atoms with van der Waals surface area (Å²) in [4.78, 5) is 0. The van der Waals surface area contributed by atoms with Gasteiger partial charge in [0.25, 0.3) is 0 Å². The van der Waals surface area contributed by atoms with Crippen LogP contribution in [0.5, 0.6) is 11.5 Å². The second kappa shape index (κ2) is 5.89. The predicted molar refractivity (Wildman–Crippen MR) is 65.6 cm³/mol. The molecule has 1 atom stereocenters. The molecule has 1 heterocycles. The van der Waals surface area contributed by atoms with E-state index in [0.717, 1.165) is 24.5 Å².